The number of rotatable bonds is 6. The molecule has 5 nitrogen and oxygen atoms in total. The van der Waals surface area contributed by atoms with Gasteiger partial charge >= 0.3 is 11.9 Å². The van der Waals surface area contributed by atoms with E-state index in [2.05, 4.69) is 4.74 Å². The number of ether oxygens (including phenoxy) is 2. The molecule has 0 rings (SSSR count). The van der Waals surface area contributed by atoms with Gasteiger partial charge in [0.1, 0.15) is 0 Å². The van der Waals surface area contributed by atoms with Crippen molar-refractivity contribution in [3.05, 3.63) is 0 Å². The van der Waals surface area contributed by atoms with Crippen molar-refractivity contribution >= 4 is 11.9 Å². The lowest BCUT2D eigenvalue weighted by atomic mass is 10.2. The zero-order chi connectivity index (χ0) is 11.8. The smallest absolute Gasteiger partial charge is 0.319 e. The molecule has 0 N–H and O–H groups in total. The van der Waals surface area contributed by atoms with Gasteiger partial charge in [-0.3, -0.25) is 14.5 Å². The molecule has 0 radical (unpaired) electrons. The zero-order valence-electron chi connectivity index (χ0n) is 9.78. The molecule has 15 heavy (non-hydrogen) atoms. The van der Waals surface area contributed by atoms with Gasteiger partial charge in [0, 0.05) is 6.04 Å². The molecular formula is C10H19NO4. The molecule has 0 aliphatic carbocycles. The van der Waals surface area contributed by atoms with E-state index in [0.717, 1.165) is 0 Å². The summed E-state index contributed by atoms with van der Waals surface area (Å²) in [5.41, 5.74) is 0. The third kappa shape index (κ3) is 6.06. The van der Waals surface area contributed by atoms with Gasteiger partial charge < -0.3 is 9.47 Å². The minimum atomic E-state index is -0.312. The molecule has 0 saturated heterocycles. The Labute approximate surface area is 90.3 Å². The second-order valence-corrected chi connectivity index (χ2v) is 3.35. The van der Waals surface area contributed by atoms with Crippen LogP contribution in [0.15, 0.2) is 0 Å². The van der Waals surface area contributed by atoms with Crippen molar-refractivity contribution in [3.63, 3.8) is 0 Å². The molecule has 0 aromatic rings. The molecule has 0 aromatic heterocycles. The molecule has 88 valence electrons. The van der Waals surface area contributed by atoms with Crippen molar-refractivity contribution in [2.24, 2.45) is 0 Å². The van der Waals surface area contributed by atoms with Crippen LogP contribution in [0.5, 0.6) is 0 Å². The molecule has 0 heterocycles. The van der Waals surface area contributed by atoms with E-state index in [1.54, 1.807) is 18.9 Å². The molecule has 0 aromatic carbocycles. The fourth-order valence-corrected chi connectivity index (χ4v) is 1.04. The second-order valence-electron chi connectivity index (χ2n) is 3.35. The molecule has 0 aliphatic heterocycles. The first-order valence-corrected chi connectivity index (χ1v) is 4.93. The van der Waals surface area contributed by atoms with Crippen LogP contribution < -0.4 is 0 Å². The number of hydrogen-bond acceptors (Lipinski definition) is 5. The van der Waals surface area contributed by atoms with Gasteiger partial charge in [-0.05, 0) is 20.9 Å². The van der Waals surface area contributed by atoms with Gasteiger partial charge in [-0.1, -0.05) is 0 Å². The zero-order valence-corrected chi connectivity index (χ0v) is 9.78. The molecule has 0 amide bonds. The number of esters is 2. The number of carbonyl (C=O) groups excluding carboxylic acids is 2. The molecule has 0 aliphatic rings. The predicted octanol–water partition coefficient (Wildman–Crippen LogP) is 0.433. The Balaban J connectivity index is 3.92. The van der Waals surface area contributed by atoms with Gasteiger partial charge in [-0.15, -0.1) is 0 Å². The quantitative estimate of drug-likeness (QED) is 0.604. The third-order valence-corrected chi connectivity index (χ3v) is 2.13. The summed E-state index contributed by atoms with van der Waals surface area (Å²) in [6.07, 6.45) is 0.279. The highest BCUT2D eigenvalue weighted by Crippen LogP contribution is 2.02. The van der Waals surface area contributed by atoms with Gasteiger partial charge in [-0.25, -0.2) is 0 Å². The van der Waals surface area contributed by atoms with E-state index in [0.29, 0.717) is 6.61 Å². The minimum Gasteiger partial charge on any atom is -0.468 e. The number of carbonyl (C=O) groups is 2. The highest BCUT2D eigenvalue weighted by atomic mass is 16.5. The van der Waals surface area contributed by atoms with Gasteiger partial charge in [-0.2, -0.15) is 0 Å². The normalized spacial score (nSPS) is 12.3. The maximum absolute atomic E-state index is 11.1. The highest BCUT2D eigenvalue weighted by molar-refractivity contribution is 5.72. The molecule has 1 atom stereocenters. The van der Waals surface area contributed by atoms with Crippen molar-refractivity contribution in [3.8, 4) is 0 Å². The average molecular weight is 217 g/mol. The predicted molar refractivity (Wildman–Crippen MR) is 55.4 cm³/mol. The summed E-state index contributed by atoms with van der Waals surface area (Å²) in [6.45, 7) is 4.18. The van der Waals surface area contributed by atoms with Crippen LogP contribution in [-0.2, 0) is 19.1 Å². The maximum atomic E-state index is 11.1. The minimum absolute atomic E-state index is 0.0388. The first-order chi connectivity index (χ1) is 7.01. The SMILES string of the molecule is CCOC(=O)CC(C)N(C)CC(=O)OC. The van der Waals surface area contributed by atoms with Crippen molar-refractivity contribution in [2.45, 2.75) is 26.3 Å². The van der Waals surface area contributed by atoms with Crippen LogP contribution in [0.4, 0.5) is 0 Å². The van der Waals surface area contributed by atoms with E-state index >= 15 is 0 Å². The Hall–Kier alpha value is -1.10. The van der Waals surface area contributed by atoms with E-state index in [1.807, 2.05) is 6.92 Å². The van der Waals surface area contributed by atoms with E-state index in [4.69, 9.17) is 4.74 Å². The van der Waals surface area contributed by atoms with Crippen molar-refractivity contribution < 1.29 is 19.1 Å². The van der Waals surface area contributed by atoms with Crippen LogP contribution in [-0.4, -0.2) is 50.2 Å². The summed E-state index contributed by atoms with van der Waals surface area (Å²) < 4.78 is 9.34. The van der Waals surface area contributed by atoms with Crippen molar-refractivity contribution in [2.75, 3.05) is 27.3 Å². The highest BCUT2D eigenvalue weighted by Gasteiger charge is 2.16. The van der Waals surface area contributed by atoms with Gasteiger partial charge in [0.2, 0.25) is 0 Å². The first kappa shape index (κ1) is 13.9. The number of likely N-dealkylation sites (N-methyl/N-ethyl adjacent to an activating group) is 1. The molecule has 5 heteroatoms. The summed E-state index contributed by atoms with van der Waals surface area (Å²) in [5.74, 6) is -0.560. The molecule has 0 saturated carbocycles. The molecule has 0 bridgehead atoms. The maximum Gasteiger partial charge on any atom is 0.319 e. The van der Waals surface area contributed by atoms with Crippen LogP contribution in [0.2, 0.25) is 0 Å². The Morgan fingerprint density at radius 1 is 1.33 bits per heavy atom. The van der Waals surface area contributed by atoms with E-state index in [-0.39, 0.29) is 30.9 Å². The van der Waals surface area contributed by atoms with E-state index in [1.165, 1.54) is 7.11 Å². The summed E-state index contributed by atoms with van der Waals surface area (Å²) in [5, 5.41) is 0. The fraction of sp³-hybridized carbons (Fsp3) is 0.800. The molecule has 0 spiro atoms. The van der Waals surface area contributed by atoms with Crippen LogP contribution in [0.25, 0.3) is 0 Å². The monoisotopic (exact) mass is 217 g/mol. The Morgan fingerprint density at radius 2 is 1.93 bits per heavy atom. The number of methoxy groups -OCH3 is 1. The van der Waals surface area contributed by atoms with Crippen LogP contribution in [0.3, 0.4) is 0 Å². The van der Waals surface area contributed by atoms with E-state index in [9.17, 15) is 9.59 Å². The van der Waals surface area contributed by atoms with Crippen molar-refractivity contribution in [1.82, 2.24) is 4.90 Å². The second kappa shape index (κ2) is 7.23. The summed E-state index contributed by atoms with van der Waals surface area (Å²) in [6, 6.07) is -0.0388. The van der Waals surface area contributed by atoms with Gasteiger partial charge in [0.15, 0.2) is 0 Å². The Morgan fingerprint density at radius 3 is 2.40 bits per heavy atom. The first-order valence-electron chi connectivity index (χ1n) is 4.93. The Bertz CT molecular complexity index is 217. The van der Waals surface area contributed by atoms with Crippen LogP contribution >= 0.6 is 0 Å². The Kier molecular flexibility index (Phi) is 6.70. The van der Waals surface area contributed by atoms with E-state index < -0.39 is 0 Å². The number of hydrogen-bond donors (Lipinski definition) is 0. The summed E-state index contributed by atoms with van der Waals surface area (Å²) >= 11 is 0. The van der Waals surface area contributed by atoms with Crippen LogP contribution in [0, 0.1) is 0 Å². The molecule has 0 fully saturated rings. The summed E-state index contributed by atoms with van der Waals surface area (Å²) in [4.78, 5) is 23.9. The van der Waals surface area contributed by atoms with Crippen molar-refractivity contribution in [1.29, 1.82) is 0 Å². The fourth-order valence-electron chi connectivity index (χ4n) is 1.04. The lowest BCUT2D eigenvalue weighted by molar-refractivity contribution is -0.146. The lowest BCUT2D eigenvalue weighted by Gasteiger charge is -2.22. The number of nitrogens with zero attached hydrogens (tertiary/aromatic N) is 1. The van der Waals surface area contributed by atoms with Crippen LogP contribution in [0.1, 0.15) is 20.3 Å². The lowest BCUT2D eigenvalue weighted by Crippen LogP contribution is -2.36. The largest absolute Gasteiger partial charge is 0.468 e. The topological polar surface area (TPSA) is 55.8 Å². The van der Waals surface area contributed by atoms with Gasteiger partial charge in [0.05, 0.1) is 26.7 Å². The molecule has 1 unspecified atom stereocenters. The van der Waals surface area contributed by atoms with Gasteiger partial charge in [0.25, 0.3) is 0 Å². The standard InChI is InChI=1S/C10H19NO4/c1-5-15-9(12)6-8(2)11(3)7-10(13)14-4/h8H,5-7H2,1-4H3. The summed E-state index contributed by atoms with van der Waals surface area (Å²) in [7, 11) is 3.10. The molecular weight excluding hydrogens is 198 g/mol. The average Bonchev–Trinajstić information content (AvgIpc) is 2.17. The third-order valence-electron chi connectivity index (χ3n) is 2.13.